The second kappa shape index (κ2) is 10.2. The van der Waals surface area contributed by atoms with Crippen LogP contribution in [0.4, 0.5) is 5.69 Å². The van der Waals surface area contributed by atoms with Crippen LogP contribution in [0.3, 0.4) is 0 Å². The van der Waals surface area contributed by atoms with E-state index in [0.29, 0.717) is 17.7 Å². The molecule has 1 aliphatic carbocycles. The molecule has 0 heterocycles. The van der Waals surface area contributed by atoms with E-state index in [4.69, 9.17) is 4.74 Å². The Morgan fingerprint density at radius 3 is 2.11 bits per heavy atom. The molecule has 4 heteroatoms. The van der Waals surface area contributed by atoms with Gasteiger partial charge in [0, 0.05) is 0 Å². The zero-order valence-electron chi connectivity index (χ0n) is 16.3. The van der Waals surface area contributed by atoms with E-state index >= 15 is 0 Å². The summed E-state index contributed by atoms with van der Waals surface area (Å²) < 4.78 is 5.40. The van der Waals surface area contributed by atoms with Gasteiger partial charge in [0.15, 0.2) is 0 Å². The van der Waals surface area contributed by atoms with Crippen molar-refractivity contribution in [1.82, 2.24) is 0 Å². The van der Waals surface area contributed by atoms with Crippen molar-refractivity contribution in [3.05, 3.63) is 89.2 Å². The van der Waals surface area contributed by atoms with Gasteiger partial charge in [-0.05, 0) is 56.7 Å². The number of azo groups is 1. The predicted molar refractivity (Wildman–Crippen MR) is 109 cm³/mol. The fraction of sp³-hybridized carbons (Fsp3) is 0.261. The number of nitrogens with zero attached hydrogens (tertiary/aromatic N) is 2. The zero-order valence-corrected chi connectivity index (χ0v) is 16.3. The first kappa shape index (κ1) is 20.3. The average Bonchev–Trinajstić information content (AvgIpc) is 2.70. The van der Waals surface area contributed by atoms with Gasteiger partial charge in [0.2, 0.25) is 0 Å². The third kappa shape index (κ3) is 6.33. The maximum atomic E-state index is 12.1. The highest BCUT2D eigenvalue weighted by Gasteiger charge is 2.13. The van der Waals surface area contributed by atoms with Crippen LogP contribution in [0.25, 0.3) is 0 Å². The van der Waals surface area contributed by atoms with E-state index in [0.717, 1.165) is 11.3 Å². The minimum absolute atomic E-state index is 0.0388. The van der Waals surface area contributed by atoms with Gasteiger partial charge >= 0.3 is 5.97 Å². The maximum absolute atomic E-state index is 12.1. The van der Waals surface area contributed by atoms with Gasteiger partial charge in [-0.15, -0.1) is 0 Å². The van der Waals surface area contributed by atoms with E-state index < -0.39 is 0 Å². The molecule has 0 spiro atoms. The Morgan fingerprint density at radius 2 is 1.56 bits per heavy atom. The number of aryl methyl sites for hydroxylation is 2. The fourth-order valence-corrected chi connectivity index (χ4v) is 2.36. The lowest BCUT2D eigenvalue weighted by atomic mass is 10.1. The number of hydrogen-bond acceptors (Lipinski definition) is 4. The molecule has 0 radical (unpaired) electrons. The molecule has 0 saturated carbocycles. The molecule has 0 aromatic heterocycles. The minimum Gasteiger partial charge on any atom is -0.423 e. The van der Waals surface area contributed by atoms with Gasteiger partial charge in [-0.3, -0.25) is 0 Å². The van der Waals surface area contributed by atoms with Gasteiger partial charge < -0.3 is 4.74 Å². The first-order chi connectivity index (χ1) is 13.1. The topological polar surface area (TPSA) is 51.0 Å². The molecule has 0 N–H and O–H groups in total. The standard InChI is InChI=1S/C21H20N2O2.C2H6/c1-15-3-7-17(8-4-15)21(24)25-20-13-11-19(12-14-20)23-22-18-9-5-16(2)6-10-18;1-2/h3-11,13-14,19H,12H2,1-2H3;1-2H3. The molecule has 0 amide bonds. The quantitative estimate of drug-likeness (QED) is 0.461. The Morgan fingerprint density at radius 1 is 0.963 bits per heavy atom. The third-order valence-corrected chi connectivity index (χ3v) is 3.90. The van der Waals surface area contributed by atoms with Gasteiger partial charge in [-0.25, -0.2) is 4.79 Å². The van der Waals surface area contributed by atoms with E-state index in [9.17, 15) is 4.79 Å². The molecule has 0 saturated heterocycles. The van der Waals surface area contributed by atoms with Crippen LogP contribution in [0.1, 0.15) is 41.8 Å². The van der Waals surface area contributed by atoms with E-state index in [2.05, 4.69) is 10.2 Å². The summed E-state index contributed by atoms with van der Waals surface area (Å²) in [7, 11) is 0. The number of hydrogen-bond donors (Lipinski definition) is 0. The van der Waals surface area contributed by atoms with Gasteiger partial charge in [0.1, 0.15) is 5.76 Å². The second-order valence-corrected chi connectivity index (χ2v) is 6.08. The summed E-state index contributed by atoms with van der Waals surface area (Å²) in [5.41, 5.74) is 3.68. The highest BCUT2D eigenvalue weighted by molar-refractivity contribution is 5.90. The van der Waals surface area contributed by atoms with E-state index in [1.807, 2.05) is 76.2 Å². The lowest BCUT2D eigenvalue weighted by molar-refractivity contribution is 0.0635. The molecule has 2 aromatic carbocycles. The molecule has 27 heavy (non-hydrogen) atoms. The number of esters is 1. The van der Waals surface area contributed by atoms with Crippen LogP contribution < -0.4 is 0 Å². The van der Waals surface area contributed by atoms with Crippen molar-refractivity contribution in [1.29, 1.82) is 0 Å². The smallest absolute Gasteiger partial charge is 0.343 e. The first-order valence-electron chi connectivity index (χ1n) is 9.25. The molecule has 2 aromatic rings. The van der Waals surface area contributed by atoms with E-state index in [1.54, 1.807) is 18.2 Å². The van der Waals surface area contributed by atoms with Crippen LogP contribution in [-0.2, 0) is 4.74 Å². The van der Waals surface area contributed by atoms with Crippen LogP contribution in [0, 0.1) is 13.8 Å². The van der Waals surface area contributed by atoms with Crippen molar-refractivity contribution in [2.75, 3.05) is 0 Å². The van der Waals surface area contributed by atoms with E-state index in [1.165, 1.54) is 5.56 Å². The highest BCUT2D eigenvalue weighted by Crippen LogP contribution is 2.19. The highest BCUT2D eigenvalue weighted by atomic mass is 16.5. The van der Waals surface area contributed by atoms with Gasteiger partial charge in [-0.2, -0.15) is 10.2 Å². The van der Waals surface area contributed by atoms with Crippen LogP contribution in [0.5, 0.6) is 0 Å². The number of ether oxygens (including phenoxy) is 1. The van der Waals surface area contributed by atoms with Crippen LogP contribution >= 0.6 is 0 Å². The number of carbonyl (C=O) groups is 1. The molecule has 0 bridgehead atoms. The fourth-order valence-electron chi connectivity index (χ4n) is 2.36. The summed E-state index contributed by atoms with van der Waals surface area (Å²) >= 11 is 0. The van der Waals surface area contributed by atoms with Crippen molar-refractivity contribution in [3.63, 3.8) is 0 Å². The normalized spacial score (nSPS) is 15.7. The van der Waals surface area contributed by atoms with Gasteiger partial charge in [0.05, 0.1) is 17.3 Å². The van der Waals surface area contributed by atoms with Crippen molar-refractivity contribution in [3.8, 4) is 0 Å². The molecule has 0 aliphatic heterocycles. The maximum Gasteiger partial charge on any atom is 0.343 e. The average molecular weight is 362 g/mol. The Hall–Kier alpha value is -3.01. The van der Waals surface area contributed by atoms with Crippen LogP contribution in [0.15, 0.2) is 82.7 Å². The first-order valence-corrected chi connectivity index (χ1v) is 9.25. The summed E-state index contributed by atoms with van der Waals surface area (Å²) in [4.78, 5) is 12.1. The SMILES string of the molecule is CC.Cc1ccc(N=NC2C=CC(OC(=O)c3ccc(C)cc3)=CC2)cc1. The summed E-state index contributed by atoms with van der Waals surface area (Å²) in [6.45, 7) is 8.02. The number of carbonyl (C=O) groups excluding carboxylic acids is 1. The summed E-state index contributed by atoms with van der Waals surface area (Å²) in [6.07, 6.45) is 6.19. The zero-order chi connectivity index (χ0) is 19.6. The number of rotatable bonds is 4. The predicted octanol–water partition coefficient (Wildman–Crippen LogP) is 6.48. The molecule has 4 nitrogen and oxygen atoms in total. The molecular weight excluding hydrogens is 336 g/mol. The Balaban J connectivity index is 0.00000126. The van der Waals surface area contributed by atoms with Crippen molar-refractivity contribution in [2.24, 2.45) is 10.2 Å². The molecule has 140 valence electrons. The van der Waals surface area contributed by atoms with Crippen LogP contribution in [-0.4, -0.2) is 12.0 Å². The minimum atomic E-state index is -0.351. The van der Waals surface area contributed by atoms with Crippen molar-refractivity contribution < 1.29 is 9.53 Å². The molecule has 0 fully saturated rings. The van der Waals surface area contributed by atoms with Gasteiger partial charge in [0.25, 0.3) is 0 Å². The molecular formula is C23H26N2O2. The Labute approximate surface area is 161 Å². The summed E-state index contributed by atoms with van der Waals surface area (Å²) in [5.74, 6) is 0.197. The second-order valence-electron chi connectivity index (χ2n) is 6.08. The molecule has 1 atom stereocenters. The van der Waals surface area contributed by atoms with Crippen molar-refractivity contribution >= 4 is 11.7 Å². The monoisotopic (exact) mass is 362 g/mol. The van der Waals surface area contributed by atoms with E-state index in [-0.39, 0.29) is 12.0 Å². The number of allylic oxidation sites excluding steroid dienone is 1. The number of benzene rings is 2. The summed E-state index contributed by atoms with van der Waals surface area (Å²) in [6, 6.07) is 15.2. The van der Waals surface area contributed by atoms with Crippen molar-refractivity contribution in [2.45, 2.75) is 40.2 Å². The molecule has 1 aliphatic rings. The largest absolute Gasteiger partial charge is 0.423 e. The Kier molecular flexibility index (Phi) is 7.68. The third-order valence-electron chi connectivity index (χ3n) is 3.90. The lowest BCUT2D eigenvalue weighted by Crippen LogP contribution is -2.08. The van der Waals surface area contributed by atoms with Gasteiger partial charge in [-0.1, -0.05) is 55.3 Å². The summed E-state index contributed by atoms with van der Waals surface area (Å²) in [5, 5.41) is 8.57. The lowest BCUT2D eigenvalue weighted by Gasteiger charge is -2.12. The van der Waals surface area contributed by atoms with Crippen LogP contribution in [0.2, 0.25) is 0 Å². The molecule has 3 rings (SSSR count). The molecule has 1 unspecified atom stereocenters. The Bertz CT molecular complexity index is 832.